The van der Waals surface area contributed by atoms with Gasteiger partial charge in [0.05, 0.1) is 33.8 Å². The van der Waals surface area contributed by atoms with Crippen LogP contribution in [0.3, 0.4) is 0 Å². The van der Waals surface area contributed by atoms with Crippen molar-refractivity contribution in [2.45, 2.75) is 322 Å². The van der Waals surface area contributed by atoms with E-state index in [0.29, 0.717) is 23.9 Å². The molecule has 3 atom stereocenters. The van der Waals surface area contributed by atoms with Gasteiger partial charge in [-0.2, -0.15) is 0 Å². The molecular formula is C72H131N2O7P. The van der Waals surface area contributed by atoms with Gasteiger partial charge in [0.25, 0.3) is 7.82 Å². The zero-order valence-electron chi connectivity index (χ0n) is 54.4. The molecule has 0 aromatic rings. The van der Waals surface area contributed by atoms with Gasteiger partial charge in [-0.1, -0.05) is 286 Å². The van der Waals surface area contributed by atoms with Crippen molar-refractivity contribution in [1.29, 1.82) is 0 Å². The Morgan fingerprint density at radius 2 is 0.793 bits per heavy atom. The molecule has 0 aliphatic carbocycles. The van der Waals surface area contributed by atoms with E-state index in [1.165, 1.54) is 193 Å². The van der Waals surface area contributed by atoms with E-state index in [-0.39, 0.29) is 18.9 Å². The molecule has 0 saturated carbocycles. The molecular weight excluding hydrogens is 1040 g/mol. The number of phosphoric acid groups is 1. The second kappa shape index (κ2) is 61.3. The third-order valence-electron chi connectivity index (χ3n) is 15.1. The van der Waals surface area contributed by atoms with Crippen LogP contribution in [0.2, 0.25) is 0 Å². The molecule has 10 heteroatoms. The van der Waals surface area contributed by atoms with Gasteiger partial charge >= 0.3 is 5.97 Å². The van der Waals surface area contributed by atoms with Crippen molar-refractivity contribution in [1.82, 2.24) is 5.32 Å². The molecule has 0 aromatic carbocycles. The molecule has 0 saturated heterocycles. The summed E-state index contributed by atoms with van der Waals surface area (Å²) in [5.41, 5.74) is 0. The Morgan fingerprint density at radius 1 is 0.439 bits per heavy atom. The van der Waals surface area contributed by atoms with E-state index in [4.69, 9.17) is 13.8 Å². The van der Waals surface area contributed by atoms with Crippen molar-refractivity contribution in [2.24, 2.45) is 0 Å². The summed E-state index contributed by atoms with van der Waals surface area (Å²) in [6.45, 7) is 6.71. The highest BCUT2D eigenvalue weighted by Gasteiger charge is 2.27. The first-order valence-electron chi connectivity index (χ1n) is 34.4. The summed E-state index contributed by atoms with van der Waals surface area (Å²) in [4.78, 5) is 40.1. The van der Waals surface area contributed by atoms with Crippen LogP contribution in [-0.2, 0) is 27.9 Å². The number of ether oxygens (including phenoxy) is 1. The highest BCUT2D eigenvalue weighted by Crippen LogP contribution is 2.38. The summed E-state index contributed by atoms with van der Waals surface area (Å²) < 4.78 is 30.3. The van der Waals surface area contributed by atoms with Gasteiger partial charge in [0.2, 0.25) is 5.91 Å². The Balaban J connectivity index is 5.08. The molecule has 1 N–H and O–H groups in total. The minimum atomic E-state index is -4.72. The smallest absolute Gasteiger partial charge is 0.306 e. The number of nitrogens with one attached hydrogen (secondary N) is 1. The zero-order chi connectivity index (χ0) is 60.0. The van der Waals surface area contributed by atoms with Gasteiger partial charge in [-0.25, -0.2) is 0 Å². The molecule has 0 spiro atoms. The SMILES string of the molecule is CC/C=C\C/C=C\C/C=C\C/C=C\C/C=C\CCCC(=O)OC(/C=C\CCCCCCCCCCCC)C(COP(=O)([O-])OCC[N+](C)(C)C)NC(=O)CCCCCCCCCCCCCCCCCCC/C=C/CCCCCCCC. The third-order valence-corrected chi connectivity index (χ3v) is 16.0. The van der Waals surface area contributed by atoms with Gasteiger partial charge < -0.3 is 28.5 Å². The number of esters is 1. The first kappa shape index (κ1) is 79.2. The first-order chi connectivity index (χ1) is 39.9. The van der Waals surface area contributed by atoms with Crippen LogP contribution < -0.4 is 10.2 Å². The average Bonchev–Trinajstić information content (AvgIpc) is 3.44. The van der Waals surface area contributed by atoms with Crippen molar-refractivity contribution >= 4 is 19.7 Å². The molecule has 0 aromatic heterocycles. The number of hydrogen-bond donors (Lipinski definition) is 1. The van der Waals surface area contributed by atoms with Crippen LogP contribution >= 0.6 is 7.82 Å². The molecule has 82 heavy (non-hydrogen) atoms. The minimum absolute atomic E-state index is 0.0330. The Kier molecular flexibility index (Phi) is 59.2. The van der Waals surface area contributed by atoms with Gasteiger partial charge in [-0.15, -0.1) is 0 Å². The molecule has 0 aliphatic rings. The molecule has 0 bridgehead atoms. The Bertz CT molecular complexity index is 1680. The summed E-state index contributed by atoms with van der Waals surface area (Å²) in [5.74, 6) is -0.603. The molecule has 0 rings (SSSR count). The predicted molar refractivity (Wildman–Crippen MR) is 353 cm³/mol. The Labute approximate surface area is 507 Å². The van der Waals surface area contributed by atoms with E-state index in [1.807, 2.05) is 33.3 Å². The number of carbonyl (C=O) groups is 2. The van der Waals surface area contributed by atoms with Crippen molar-refractivity contribution in [2.75, 3.05) is 40.9 Å². The maximum absolute atomic E-state index is 13.6. The Hall–Kier alpha value is -2.81. The lowest BCUT2D eigenvalue weighted by molar-refractivity contribution is -0.870. The first-order valence-corrected chi connectivity index (χ1v) is 35.9. The number of unbranched alkanes of at least 4 members (excludes halogenated alkanes) is 34. The third kappa shape index (κ3) is 61.7. The van der Waals surface area contributed by atoms with Crippen molar-refractivity contribution in [3.63, 3.8) is 0 Å². The number of allylic oxidation sites excluding steroid dienone is 13. The van der Waals surface area contributed by atoms with Crippen LogP contribution in [-0.4, -0.2) is 69.4 Å². The number of nitrogens with zero attached hydrogens (tertiary/aromatic N) is 1. The van der Waals surface area contributed by atoms with Crippen LogP contribution in [0.25, 0.3) is 0 Å². The van der Waals surface area contributed by atoms with E-state index in [2.05, 4.69) is 99.0 Å². The second-order valence-corrected chi connectivity index (χ2v) is 25.7. The lowest BCUT2D eigenvalue weighted by atomic mass is 10.0. The molecule has 0 heterocycles. The molecule has 476 valence electrons. The zero-order valence-corrected chi connectivity index (χ0v) is 55.3. The largest absolute Gasteiger partial charge is 0.756 e. The normalized spacial score (nSPS) is 14.1. The van der Waals surface area contributed by atoms with E-state index in [9.17, 15) is 19.0 Å². The highest BCUT2D eigenvalue weighted by molar-refractivity contribution is 7.45. The second-order valence-electron chi connectivity index (χ2n) is 24.3. The minimum Gasteiger partial charge on any atom is -0.756 e. The monoisotopic (exact) mass is 1170 g/mol. The maximum Gasteiger partial charge on any atom is 0.306 e. The van der Waals surface area contributed by atoms with Crippen LogP contribution in [0.5, 0.6) is 0 Å². The topological polar surface area (TPSA) is 114 Å². The molecule has 9 nitrogen and oxygen atoms in total. The Morgan fingerprint density at radius 3 is 1.21 bits per heavy atom. The highest BCUT2D eigenvalue weighted by atomic mass is 31.2. The maximum atomic E-state index is 13.6. The summed E-state index contributed by atoms with van der Waals surface area (Å²) >= 11 is 0. The van der Waals surface area contributed by atoms with Gasteiger partial charge in [0.15, 0.2) is 0 Å². The van der Waals surface area contributed by atoms with Gasteiger partial charge in [0.1, 0.15) is 19.3 Å². The van der Waals surface area contributed by atoms with Gasteiger partial charge in [-0.3, -0.25) is 14.2 Å². The van der Waals surface area contributed by atoms with Crippen molar-refractivity contribution < 1.29 is 37.3 Å². The number of phosphoric ester groups is 1. The van der Waals surface area contributed by atoms with E-state index in [1.54, 1.807) is 0 Å². The fraction of sp³-hybridized carbons (Fsp3) is 0.778. The van der Waals surface area contributed by atoms with E-state index >= 15 is 0 Å². The molecule has 3 unspecified atom stereocenters. The van der Waals surface area contributed by atoms with E-state index < -0.39 is 32.5 Å². The fourth-order valence-electron chi connectivity index (χ4n) is 9.79. The number of rotatable bonds is 62. The van der Waals surface area contributed by atoms with E-state index in [0.717, 1.165) is 77.0 Å². The molecule has 1 amide bonds. The lowest BCUT2D eigenvalue weighted by Crippen LogP contribution is -2.47. The van der Waals surface area contributed by atoms with Gasteiger partial charge in [-0.05, 0) is 96.0 Å². The summed E-state index contributed by atoms with van der Waals surface area (Å²) in [5, 5.41) is 3.02. The molecule has 0 radical (unpaired) electrons. The van der Waals surface area contributed by atoms with Crippen LogP contribution in [0, 0.1) is 0 Å². The summed E-state index contributed by atoms with van der Waals surface area (Å²) in [6.07, 6.45) is 81.5. The molecule has 0 aliphatic heterocycles. The van der Waals surface area contributed by atoms with Crippen LogP contribution in [0.4, 0.5) is 0 Å². The van der Waals surface area contributed by atoms with Crippen molar-refractivity contribution in [3.8, 4) is 0 Å². The number of quaternary nitrogens is 1. The number of likely N-dealkylation sites (N-methyl/N-ethyl adjacent to an activating group) is 1. The van der Waals surface area contributed by atoms with Gasteiger partial charge in [0, 0.05) is 12.8 Å². The predicted octanol–water partition coefficient (Wildman–Crippen LogP) is 21.1. The number of hydrogen-bond acceptors (Lipinski definition) is 7. The lowest BCUT2D eigenvalue weighted by Gasteiger charge is -2.30. The molecule has 0 fully saturated rings. The summed E-state index contributed by atoms with van der Waals surface area (Å²) in [7, 11) is 1.16. The average molecular weight is 1170 g/mol. The van der Waals surface area contributed by atoms with Crippen LogP contribution in [0.15, 0.2) is 85.1 Å². The number of carbonyl (C=O) groups excluding carboxylic acids is 2. The fourth-order valence-corrected chi connectivity index (χ4v) is 10.5. The van der Waals surface area contributed by atoms with Crippen molar-refractivity contribution in [3.05, 3.63) is 85.1 Å². The quantitative estimate of drug-likeness (QED) is 0.0212. The number of amides is 1. The summed E-state index contributed by atoms with van der Waals surface area (Å²) in [6, 6.07) is -0.914. The van der Waals surface area contributed by atoms with Crippen LogP contribution in [0.1, 0.15) is 310 Å². The standard InChI is InChI=1S/C72H131N2O7P/c1-7-10-13-16-19-22-25-28-30-32-33-34-35-36-37-38-39-40-41-43-44-46-49-52-55-58-61-64-71(75)73-69(68-80-82(77,78)79-67-66-74(4,5)6)70(63-60-57-54-51-48-27-24-21-18-15-12-9-3)81-72(76)65-62-59-56-53-50-47-45-42-31-29-26-23-20-17-14-11-8-2/h11,14,20,23,28-31,45,47,53,56,60,63,69-70H,7-10,12-13,15-19,21-22,24-27,32-44,46,48-52,54-55,57-59,61-62,64-68H2,1-6H3,(H-,73,75,77,78)/b14-11-,23-20-,30-28+,31-29-,47-45-,56-53-,63-60-.